The number of carbonyl (C=O) groups is 1. The topological polar surface area (TPSA) is 20.3 Å². The van der Waals surface area contributed by atoms with Gasteiger partial charge in [-0.05, 0) is 5.92 Å². The molecule has 0 aliphatic heterocycles. The van der Waals surface area contributed by atoms with Gasteiger partial charge in [-0.2, -0.15) is 0 Å². The summed E-state index contributed by atoms with van der Waals surface area (Å²) < 4.78 is 0. The Morgan fingerprint density at radius 2 is 1.91 bits per heavy atom. The van der Waals surface area contributed by atoms with Crippen molar-refractivity contribution in [2.45, 2.75) is 13.8 Å². The predicted molar refractivity (Wildman–Crippen MR) is 47.2 cm³/mol. The van der Waals surface area contributed by atoms with Crippen molar-refractivity contribution in [2.75, 3.05) is 14.1 Å². The molecule has 1 unspecified atom stereocenters. The first kappa shape index (κ1) is 10.2. The Morgan fingerprint density at radius 3 is 2.00 bits per heavy atom. The van der Waals surface area contributed by atoms with Crippen molar-refractivity contribution >= 4 is 5.91 Å². The summed E-state index contributed by atoms with van der Waals surface area (Å²) in [5.41, 5.74) is 0. The summed E-state index contributed by atoms with van der Waals surface area (Å²) in [6.07, 6.45) is 1.72. The third-order valence-electron chi connectivity index (χ3n) is 1.70. The molecule has 0 saturated heterocycles. The molecule has 64 valence electrons. The van der Waals surface area contributed by atoms with Gasteiger partial charge in [-0.1, -0.05) is 19.9 Å². The number of amides is 1. The van der Waals surface area contributed by atoms with E-state index in [2.05, 4.69) is 6.58 Å². The molecule has 0 spiro atoms. The van der Waals surface area contributed by atoms with Gasteiger partial charge in [-0.3, -0.25) is 4.79 Å². The van der Waals surface area contributed by atoms with Gasteiger partial charge < -0.3 is 4.90 Å². The lowest BCUT2D eigenvalue weighted by molar-refractivity contribution is -0.132. The monoisotopic (exact) mass is 155 g/mol. The molecule has 0 aromatic carbocycles. The zero-order chi connectivity index (χ0) is 9.02. The van der Waals surface area contributed by atoms with E-state index in [9.17, 15) is 4.79 Å². The first-order valence-corrected chi connectivity index (χ1v) is 3.84. The molecule has 0 radical (unpaired) electrons. The van der Waals surface area contributed by atoms with Crippen LogP contribution >= 0.6 is 0 Å². The van der Waals surface area contributed by atoms with Crippen LogP contribution in [0.25, 0.3) is 0 Å². The first-order chi connectivity index (χ1) is 5.00. The van der Waals surface area contributed by atoms with Gasteiger partial charge in [-0.15, -0.1) is 6.58 Å². The number of hydrogen-bond donors (Lipinski definition) is 0. The minimum absolute atomic E-state index is 0.0370. The second-order valence-corrected chi connectivity index (χ2v) is 3.24. The van der Waals surface area contributed by atoms with Crippen molar-refractivity contribution in [2.24, 2.45) is 11.8 Å². The smallest absolute Gasteiger partial charge is 0.229 e. The molecule has 1 atom stereocenters. The number of nitrogens with zero attached hydrogens (tertiary/aromatic N) is 1. The van der Waals surface area contributed by atoms with Crippen LogP contribution in [0.15, 0.2) is 12.7 Å². The minimum Gasteiger partial charge on any atom is -0.348 e. The van der Waals surface area contributed by atoms with Crippen molar-refractivity contribution < 1.29 is 4.79 Å². The highest BCUT2D eigenvalue weighted by Gasteiger charge is 2.19. The maximum absolute atomic E-state index is 11.4. The molecular weight excluding hydrogens is 138 g/mol. The average molecular weight is 155 g/mol. The van der Waals surface area contributed by atoms with E-state index in [0.29, 0.717) is 5.92 Å². The summed E-state index contributed by atoms with van der Waals surface area (Å²) >= 11 is 0. The van der Waals surface area contributed by atoms with Gasteiger partial charge in [0.15, 0.2) is 0 Å². The minimum atomic E-state index is -0.0370. The lowest BCUT2D eigenvalue weighted by Crippen LogP contribution is -2.31. The molecule has 0 bridgehead atoms. The highest BCUT2D eigenvalue weighted by atomic mass is 16.2. The summed E-state index contributed by atoms with van der Waals surface area (Å²) in [7, 11) is 3.53. The van der Waals surface area contributed by atoms with Gasteiger partial charge in [0.05, 0.1) is 5.92 Å². The molecule has 0 aliphatic carbocycles. The van der Waals surface area contributed by atoms with E-state index in [1.807, 2.05) is 13.8 Å². The van der Waals surface area contributed by atoms with E-state index in [4.69, 9.17) is 0 Å². The molecule has 0 heterocycles. The van der Waals surface area contributed by atoms with E-state index >= 15 is 0 Å². The third kappa shape index (κ3) is 2.74. The van der Waals surface area contributed by atoms with Gasteiger partial charge in [0.2, 0.25) is 5.91 Å². The second-order valence-electron chi connectivity index (χ2n) is 3.24. The largest absolute Gasteiger partial charge is 0.348 e. The fraction of sp³-hybridized carbons (Fsp3) is 0.667. The Hall–Kier alpha value is -0.790. The van der Waals surface area contributed by atoms with Crippen molar-refractivity contribution in [1.82, 2.24) is 4.90 Å². The maximum Gasteiger partial charge on any atom is 0.229 e. The highest BCUT2D eigenvalue weighted by molar-refractivity contribution is 5.80. The Bertz CT molecular complexity index is 150. The number of carbonyl (C=O) groups excluding carboxylic acids is 1. The van der Waals surface area contributed by atoms with Crippen molar-refractivity contribution in [1.29, 1.82) is 0 Å². The zero-order valence-corrected chi connectivity index (χ0v) is 7.79. The Labute approximate surface area is 68.9 Å². The molecule has 1 amide bonds. The fourth-order valence-corrected chi connectivity index (χ4v) is 0.956. The van der Waals surface area contributed by atoms with Crippen LogP contribution in [0.1, 0.15) is 13.8 Å². The van der Waals surface area contributed by atoms with Gasteiger partial charge in [0.1, 0.15) is 0 Å². The molecule has 0 aromatic heterocycles. The standard InChI is InChI=1S/C9H17NO/c1-6-8(7(2)3)9(11)10(4)5/h6-8H,1H2,2-5H3. The van der Waals surface area contributed by atoms with Crippen molar-refractivity contribution in [3.8, 4) is 0 Å². The third-order valence-corrected chi connectivity index (χ3v) is 1.70. The number of hydrogen-bond acceptors (Lipinski definition) is 1. The van der Waals surface area contributed by atoms with Crippen LogP contribution in [-0.2, 0) is 4.79 Å². The highest BCUT2D eigenvalue weighted by Crippen LogP contribution is 2.13. The first-order valence-electron chi connectivity index (χ1n) is 3.84. The van der Waals surface area contributed by atoms with Crippen LogP contribution in [0.3, 0.4) is 0 Å². The maximum atomic E-state index is 11.4. The molecule has 0 rings (SSSR count). The summed E-state index contributed by atoms with van der Waals surface area (Å²) in [4.78, 5) is 13.0. The van der Waals surface area contributed by atoms with Crippen molar-refractivity contribution in [3.63, 3.8) is 0 Å². The molecule has 0 saturated carbocycles. The second kappa shape index (κ2) is 4.16. The van der Waals surface area contributed by atoms with Crippen molar-refractivity contribution in [3.05, 3.63) is 12.7 Å². The molecule has 11 heavy (non-hydrogen) atoms. The molecule has 0 fully saturated rings. The average Bonchev–Trinajstić information content (AvgIpc) is 1.88. The quantitative estimate of drug-likeness (QED) is 0.566. The van der Waals surface area contributed by atoms with Gasteiger partial charge in [-0.25, -0.2) is 0 Å². The summed E-state index contributed by atoms with van der Waals surface area (Å²) in [5, 5.41) is 0. The summed E-state index contributed by atoms with van der Waals surface area (Å²) in [6.45, 7) is 7.68. The molecular formula is C9H17NO. The van der Waals surface area contributed by atoms with Gasteiger partial charge >= 0.3 is 0 Å². The van der Waals surface area contributed by atoms with Gasteiger partial charge in [0, 0.05) is 14.1 Å². The van der Waals surface area contributed by atoms with Crippen LogP contribution < -0.4 is 0 Å². The summed E-state index contributed by atoms with van der Waals surface area (Å²) in [6, 6.07) is 0. The molecule has 2 nitrogen and oxygen atoms in total. The molecule has 0 aromatic rings. The zero-order valence-electron chi connectivity index (χ0n) is 7.79. The van der Waals surface area contributed by atoms with E-state index in [1.165, 1.54) is 0 Å². The Balaban J connectivity index is 4.26. The van der Waals surface area contributed by atoms with Crippen LogP contribution in [0.4, 0.5) is 0 Å². The molecule has 2 heteroatoms. The van der Waals surface area contributed by atoms with Crippen LogP contribution in [-0.4, -0.2) is 24.9 Å². The fourth-order valence-electron chi connectivity index (χ4n) is 0.956. The van der Waals surface area contributed by atoms with E-state index in [0.717, 1.165) is 0 Å². The Morgan fingerprint density at radius 1 is 1.45 bits per heavy atom. The summed E-state index contributed by atoms with van der Waals surface area (Å²) in [5.74, 6) is 0.433. The normalized spacial score (nSPS) is 12.8. The van der Waals surface area contributed by atoms with Crippen LogP contribution in [0, 0.1) is 11.8 Å². The molecule has 0 aliphatic rings. The van der Waals surface area contributed by atoms with E-state index in [-0.39, 0.29) is 11.8 Å². The van der Waals surface area contributed by atoms with Crippen LogP contribution in [0.5, 0.6) is 0 Å². The van der Waals surface area contributed by atoms with Gasteiger partial charge in [0.25, 0.3) is 0 Å². The Kier molecular flexibility index (Phi) is 3.86. The van der Waals surface area contributed by atoms with Crippen LogP contribution in [0.2, 0.25) is 0 Å². The lowest BCUT2D eigenvalue weighted by atomic mass is 9.95. The van der Waals surface area contributed by atoms with E-state index in [1.54, 1.807) is 25.1 Å². The lowest BCUT2D eigenvalue weighted by Gasteiger charge is -2.20. The predicted octanol–water partition coefficient (Wildman–Crippen LogP) is 1.53. The molecule has 0 N–H and O–H groups in total. The SMILES string of the molecule is C=CC(C(=O)N(C)C)C(C)C. The van der Waals surface area contributed by atoms with E-state index < -0.39 is 0 Å². The number of rotatable bonds is 3.